The molecule has 1 N–H and O–H groups in total. The van der Waals surface area contributed by atoms with E-state index in [1.807, 2.05) is 31.3 Å². The van der Waals surface area contributed by atoms with Crippen LogP contribution in [0.4, 0.5) is 4.39 Å². The van der Waals surface area contributed by atoms with Crippen molar-refractivity contribution < 1.29 is 4.39 Å². The summed E-state index contributed by atoms with van der Waals surface area (Å²) in [5, 5.41) is 3.56. The van der Waals surface area contributed by atoms with E-state index in [4.69, 9.17) is 11.6 Å². The van der Waals surface area contributed by atoms with Crippen LogP contribution in [0.15, 0.2) is 46.9 Å². The molecular formula is C15H14BrClFN. The Morgan fingerprint density at radius 2 is 2.05 bits per heavy atom. The summed E-state index contributed by atoms with van der Waals surface area (Å²) < 4.78 is 15.0. The molecule has 0 saturated heterocycles. The fourth-order valence-electron chi connectivity index (χ4n) is 2.05. The predicted octanol–water partition coefficient (Wildman–Crippen LogP) is 4.74. The lowest BCUT2D eigenvalue weighted by molar-refractivity contribution is 0.534. The van der Waals surface area contributed by atoms with Crippen LogP contribution in [0.25, 0.3) is 0 Å². The van der Waals surface area contributed by atoms with Crippen LogP contribution in [-0.2, 0) is 6.42 Å². The van der Waals surface area contributed by atoms with Crippen molar-refractivity contribution in [1.82, 2.24) is 5.32 Å². The Bertz CT molecular complexity index is 574. The molecule has 0 aromatic heterocycles. The average molecular weight is 343 g/mol. The minimum Gasteiger partial charge on any atom is -0.313 e. The second-order valence-corrected chi connectivity index (χ2v) is 5.69. The molecule has 0 radical (unpaired) electrons. The monoisotopic (exact) mass is 341 g/mol. The highest BCUT2D eigenvalue weighted by molar-refractivity contribution is 9.10. The molecule has 1 nitrogen and oxygen atoms in total. The largest absolute Gasteiger partial charge is 0.313 e. The van der Waals surface area contributed by atoms with Gasteiger partial charge in [0.05, 0.1) is 0 Å². The minimum absolute atomic E-state index is 0.0773. The third-order valence-corrected chi connectivity index (χ3v) is 3.74. The van der Waals surface area contributed by atoms with E-state index in [9.17, 15) is 4.39 Å². The first-order valence-corrected chi connectivity index (χ1v) is 7.14. The van der Waals surface area contributed by atoms with Gasteiger partial charge in [-0.3, -0.25) is 0 Å². The van der Waals surface area contributed by atoms with Crippen molar-refractivity contribution in [1.29, 1.82) is 0 Å². The van der Waals surface area contributed by atoms with Gasteiger partial charge in [-0.25, -0.2) is 4.39 Å². The van der Waals surface area contributed by atoms with Gasteiger partial charge < -0.3 is 5.32 Å². The van der Waals surface area contributed by atoms with Crippen molar-refractivity contribution in [2.24, 2.45) is 0 Å². The van der Waals surface area contributed by atoms with E-state index in [0.717, 1.165) is 10.0 Å². The van der Waals surface area contributed by atoms with Gasteiger partial charge in [0.25, 0.3) is 0 Å². The average Bonchev–Trinajstić information content (AvgIpc) is 2.37. The molecule has 0 aliphatic heterocycles. The quantitative estimate of drug-likeness (QED) is 0.846. The topological polar surface area (TPSA) is 12.0 Å². The Morgan fingerprint density at radius 3 is 2.68 bits per heavy atom. The standard InChI is InChI=1S/C15H14BrClFN/c1-19-15(8-10-3-2-4-11(16)7-10)13-6-5-12(17)9-14(13)18/h2-7,9,15,19H,8H2,1H3. The molecule has 0 bridgehead atoms. The number of benzene rings is 2. The van der Waals surface area contributed by atoms with Gasteiger partial charge in [-0.05, 0) is 43.3 Å². The minimum atomic E-state index is -0.276. The summed E-state index contributed by atoms with van der Waals surface area (Å²) in [6, 6.07) is 12.7. The number of hydrogen-bond donors (Lipinski definition) is 1. The zero-order valence-electron chi connectivity index (χ0n) is 10.5. The van der Waals surface area contributed by atoms with Crippen LogP contribution in [0.3, 0.4) is 0 Å². The Balaban J connectivity index is 2.25. The van der Waals surface area contributed by atoms with Crippen molar-refractivity contribution in [2.75, 3.05) is 7.05 Å². The number of likely N-dealkylation sites (N-methyl/N-ethyl adjacent to an activating group) is 1. The van der Waals surface area contributed by atoms with Gasteiger partial charge in [-0.15, -0.1) is 0 Å². The molecule has 19 heavy (non-hydrogen) atoms. The van der Waals surface area contributed by atoms with Gasteiger partial charge in [0.15, 0.2) is 0 Å². The zero-order valence-corrected chi connectivity index (χ0v) is 12.8. The van der Waals surface area contributed by atoms with Crippen molar-refractivity contribution in [3.05, 3.63) is 68.9 Å². The van der Waals surface area contributed by atoms with Gasteiger partial charge >= 0.3 is 0 Å². The summed E-state index contributed by atoms with van der Waals surface area (Å²) in [5.74, 6) is -0.276. The summed E-state index contributed by atoms with van der Waals surface area (Å²) in [6.07, 6.45) is 0.717. The summed E-state index contributed by atoms with van der Waals surface area (Å²) in [6.45, 7) is 0. The lowest BCUT2D eigenvalue weighted by Crippen LogP contribution is -2.20. The van der Waals surface area contributed by atoms with Gasteiger partial charge in [-0.1, -0.05) is 45.7 Å². The summed E-state index contributed by atoms with van der Waals surface area (Å²) in [5.41, 5.74) is 1.77. The highest BCUT2D eigenvalue weighted by atomic mass is 79.9. The molecule has 1 atom stereocenters. The molecule has 0 aliphatic rings. The highest BCUT2D eigenvalue weighted by Gasteiger charge is 2.15. The molecule has 0 saturated carbocycles. The number of halogens is 3. The molecule has 0 fully saturated rings. The summed E-state index contributed by atoms with van der Waals surface area (Å²) in [4.78, 5) is 0. The third kappa shape index (κ3) is 3.78. The van der Waals surface area contributed by atoms with E-state index in [0.29, 0.717) is 17.0 Å². The molecule has 0 heterocycles. The highest BCUT2D eigenvalue weighted by Crippen LogP contribution is 2.24. The molecule has 1 unspecified atom stereocenters. The van der Waals surface area contributed by atoms with Crippen LogP contribution in [0.1, 0.15) is 17.2 Å². The van der Waals surface area contributed by atoms with E-state index in [-0.39, 0.29) is 11.9 Å². The molecule has 2 aromatic carbocycles. The molecular weight excluding hydrogens is 329 g/mol. The summed E-state index contributed by atoms with van der Waals surface area (Å²) >= 11 is 9.22. The van der Waals surface area contributed by atoms with Crippen molar-refractivity contribution in [3.8, 4) is 0 Å². The molecule has 0 amide bonds. The Labute approximate surface area is 125 Å². The zero-order chi connectivity index (χ0) is 13.8. The van der Waals surface area contributed by atoms with Crippen LogP contribution in [0.2, 0.25) is 5.02 Å². The maximum Gasteiger partial charge on any atom is 0.129 e. The molecule has 0 spiro atoms. The van der Waals surface area contributed by atoms with Gasteiger partial charge in [0.1, 0.15) is 5.82 Å². The fourth-order valence-corrected chi connectivity index (χ4v) is 2.66. The second kappa shape index (κ2) is 6.51. The maximum atomic E-state index is 13.9. The second-order valence-electron chi connectivity index (χ2n) is 4.34. The Hall–Kier alpha value is -0.900. The van der Waals surface area contributed by atoms with Crippen LogP contribution >= 0.6 is 27.5 Å². The van der Waals surface area contributed by atoms with Crippen molar-refractivity contribution in [3.63, 3.8) is 0 Å². The molecule has 100 valence electrons. The first kappa shape index (κ1) is 14.5. The molecule has 0 aliphatic carbocycles. The number of hydrogen-bond acceptors (Lipinski definition) is 1. The van der Waals surface area contributed by atoms with E-state index in [1.54, 1.807) is 12.1 Å². The lowest BCUT2D eigenvalue weighted by Gasteiger charge is -2.18. The van der Waals surface area contributed by atoms with E-state index < -0.39 is 0 Å². The smallest absolute Gasteiger partial charge is 0.129 e. The van der Waals surface area contributed by atoms with E-state index in [2.05, 4.69) is 21.2 Å². The van der Waals surface area contributed by atoms with Crippen LogP contribution < -0.4 is 5.32 Å². The first-order valence-electron chi connectivity index (χ1n) is 5.97. The summed E-state index contributed by atoms with van der Waals surface area (Å²) in [7, 11) is 1.83. The number of rotatable bonds is 4. The fraction of sp³-hybridized carbons (Fsp3) is 0.200. The normalized spacial score (nSPS) is 12.4. The maximum absolute atomic E-state index is 13.9. The first-order chi connectivity index (χ1) is 9.10. The molecule has 2 rings (SSSR count). The lowest BCUT2D eigenvalue weighted by atomic mass is 9.98. The molecule has 2 aromatic rings. The van der Waals surface area contributed by atoms with E-state index in [1.165, 1.54) is 6.07 Å². The van der Waals surface area contributed by atoms with Gasteiger partial charge in [0, 0.05) is 21.1 Å². The van der Waals surface area contributed by atoms with Crippen LogP contribution in [-0.4, -0.2) is 7.05 Å². The van der Waals surface area contributed by atoms with Crippen molar-refractivity contribution >= 4 is 27.5 Å². The Kier molecular flexibility index (Phi) is 4.97. The Morgan fingerprint density at radius 1 is 1.26 bits per heavy atom. The van der Waals surface area contributed by atoms with Crippen LogP contribution in [0, 0.1) is 5.82 Å². The predicted molar refractivity (Wildman–Crippen MR) is 81.1 cm³/mol. The third-order valence-electron chi connectivity index (χ3n) is 3.02. The number of nitrogens with one attached hydrogen (secondary N) is 1. The van der Waals surface area contributed by atoms with Gasteiger partial charge in [-0.2, -0.15) is 0 Å². The SMILES string of the molecule is CNC(Cc1cccc(Br)c1)c1ccc(Cl)cc1F. The molecule has 4 heteroatoms. The van der Waals surface area contributed by atoms with Crippen molar-refractivity contribution in [2.45, 2.75) is 12.5 Å². The van der Waals surface area contributed by atoms with Gasteiger partial charge in [0.2, 0.25) is 0 Å². The van der Waals surface area contributed by atoms with E-state index >= 15 is 0 Å². The van der Waals surface area contributed by atoms with Crippen LogP contribution in [0.5, 0.6) is 0 Å².